The molecule has 0 saturated heterocycles. The van der Waals surface area contributed by atoms with Gasteiger partial charge in [-0.05, 0) is 15.9 Å². The Kier molecular flexibility index (Phi) is 3.85. The number of rotatable bonds is 5. The number of halogens is 1. The van der Waals surface area contributed by atoms with Gasteiger partial charge in [-0.2, -0.15) is 0 Å². The first-order chi connectivity index (χ1) is 8.53. The lowest BCUT2D eigenvalue weighted by Gasteiger charge is -2.02. The van der Waals surface area contributed by atoms with Gasteiger partial charge in [-0.25, -0.2) is 13.1 Å². The molecular formula is C9H10BrN3O4S. The number of nitrogens with two attached hydrogens (primary N) is 1. The van der Waals surface area contributed by atoms with Crippen LogP contribution >= 0.6 is 15.9 Å². The van der Waals surface area contributed by atoms with E-state index in [0.717, 1.165) is 0 Å². The average Bonchev–Trinajstić information content (AvgIpc) is 2.95. The lowest BCUT2D eigenvalue weighted by molar-refractivity contribution is 0.411. The van der Waals surface area contributed by atoms with Gasteiger partial charge in [0.1, 0.15) is 16.9 Å². The molecule has 9 heteroatoms. The molecule has 2 heterocycles. The molecule has 18 heavy (non-hydrogen) atoms. The highest BCUT2D eigenvalue weighted by atomic mass is 79.9. The van der Waals surface area contributed by atoms with E-state index in [1.54, 1.807) is 6.07 Å². The van der Waals surface area contributed by atoms with E-state index in [1.165, 1.54) is 12.3 Å². The maximum atomic E-state index is 12.0. The molecule has 7 nitrogen and oxygen atoms in total. The van der Waals surface area contributed by atoms with Gasteiger partial charge in [0.15, 0.2) is 4.67 Å². The van der Waals surface area contributed by atoms with Gasteiger partial charge < -0.3 is 14.7 Å². The predicted molar refractivity (Wildman–Crippen MR) is 64.8 cm³/mol. The number of aromatic nitrogens is 1. The molecule has 0 radical (unpaired) electrons. The van der Waals surface area contributed by atoms with Gasteiger partial charge >= 0.3 is 0 Å². The summed E-state index contributed by atoms with van der Waals surface area (Å²) in [5, 5.41) is 3.60. The summed E-state index contributed by atoms with van der Waals surface area (Å²) in [7, 11) is -3.68. The molecule has 0 saturated carbocycles. The van der Waals surface area contributed by atoms with Crippen LogP contribution in [0.25, 0.3) is 0 Å². The number of hydrogen-bond donors (Lipinski definition) is 2. The van der Waals surface area contributed by atoms with Crippen LogP contribution < -0.4 is 10.5 Å². The van der Waals surface area contributed by atoms with Crippen LogP contribution in [0.3, 0.4) is 0 Å². The lowest BCUT2D eigenvalue weighted by Crippen LogP contribution is -2.23. The highest BCUT2D eigenvalue weighted by Gasteiger charge is 2.22. The number of sulfonamides is 1. The van der Waals surface area contributed by atoms with E-state index in [0.29, 0.717) is 11.5 Å². The fraction of sp³-hybridized carbons (Fsp3) is 0.222. The fourth-order valence-corrected chi connectivity index (χ4v) is 3.25. The van der Waals surface area contributed by atoms with E-state index < -0.39 is 10.0 Å². The van der Waals surface area contributed by atoms with Crippen molar-refractivity contribution in [2.75, 3.05) is 0 Å². The second kappa shape index (κ2) is 5.22. The van der Waals surface area contributed by atoms with Gasteiger partial charge in [-0.3, -0.25) is 0 Å². The van der Waals surface area contributed by atoms with Gasteiger partial charge in [-0.1, -0.05) is 5.16 Å². The minimum atomic E-state index is -3.68. The summed E-state index contributed by atoms with van der Waals surface area (Å²) < 4.78 is 36.2. The van der Waals surface area contributed by atoms with Gasteiger partial charge in [0, 0.05) is 12.1 Å². The van der Waals surface area contributed by atoms with Crippen LogP contribution in [0.15, 0.2) is 36.9 Å². The Morgan fingerprint density at radius 1 is 1.50 bits per heavy atom. The SMILES string of the molecule is NCc1cc(S(=O)(=O)NCc2ccon2)c(Br)o1. The van der Waals surface area contributed by atoms with E-state index in [1.807, 2.05) is 0 Å². The monoisotopic (exact) mass is 335 g/mol. The fourth-order valence-electron chi connectivity index (χ4n) is 1.26. The van der Waals surface area contributed by atoms with Gasteiger partial charge in [-0.15, -0.1) is 0 Å². The largest absolute Gasteiger partial charge is 0.452 e. The van der Waals surface area contributed by atoms with E-state index in [2.05, 4.69) is 30.3 Å². The Morgan fingerprint density at radius 3 is 2.83 bits per heavy atom. The second-order valence-electron chi connectivity index (χ2n) is 3.37. The topological polar surface area (TPSA) is 111 Å². The summed E-state index contributed by atoms with van der Waals surface area (Å²) >= 11 is 3.04. The molecule has 3 N–H and O–H groups in total. The third-order valence-corrected chi connectivity index (χ3v) is 4.39. The zero-order chi connectivity index (χ0) is 13.2. The summed E-state index contributed by atoms with van der Waals surface area (Å²) in [4.78, 5) is 0.00597. The van der Waals surface area contributed by atoms with E-state index in [-0.39, 0.29) is 22.7 Å². The predicted octanol–water partition coefficient (Wildman–Crippen LogP) is 0.967. The smallest absolute Gasteiger partial charge is 0.245 e. The molecular weight excluding hydrogens is 326 g/mol. The van der Waals surface area contributed by atoms with Gasteiger partial charge in [0.05, 0.1) is 18.8 Å². The molecule has 98 valence electrons. The third-order valence-electron chi connectivity index (χ3n) is 2.13. The van der Waals surface area contributed by atoms with Crippen molar-refractivity contribution in [3.05, 3.63) is 34.5 Å². The minimum Gasteiger partial charge on any atom is -0.452 e. The normalized spacial score (nSPS) is 11.9. The Hall–Kier alpha value is -1.16. The van der Waals surface area contributed by atoms with E-state index >= 15 is 0 Å². The van der Waals surface area contributed by atoms with Gasteiger partial charge in [0.25, 0.3) is 0 Å². The molecule has 0 aliphatic heterocycles. The summed E-state index contributed by atoms with van der Waals surface area (Å²) in [6.45, 7) is 0.159. The van der Waals surface area contributed by atoms with Crippen LogP contribution in [0, 0.1) is 0 Å². The standard InChI is InChI=1S/C9H10BrN3O4S/c10-9-8(3-7(4-11)17-9)18(14,15)12-5-6-1-2-16-13-6/h1-3,12H,4-5,11H2. The van der Waals surface area contributed by atoms with Crippen LogP contribution in [0.4, 0.5) is 0 Å². The van der Waals surface area contributed by atoms with Crippen molar-refractivity contribution in [3.63, 3.8) is 0 Å². The molecule has 2 aromatic rings. The van der Waals surface area contributed by atoms with Crippen molar-refractivity contribution in [1.82, 2.24) is 9.88 Å². The lowest BCUT2D eigenvalue weighted by atomic mass is 10.4. The van der Waals surface area contributed by atoms with Crippen LogP contribution in [0.5, 0.6) is 0 Å². The highest BCUT2D eigenvalue weighted by molar-refractivity contribution is 9.10. The summed E-state index contributed by atoms with van der Waals surface area (Å²) in [6.07, 6.45) is 1.37. The Balaban J connectivity index is 2.17. The van der Waals surface area contributed by atoms with E-state index in [9.17, 15) is 8.42 Å². The van der Waals surface area contributed by atoms with Crippen molar-refractivity contribution in [3.8, 4) is 0 Å². The summed E-state index contributed by atoms with van der Waals surface area (Å²) in [5.74, 6) is 0.378. The van der Waals surface area contributed by atoms with Crippen molar-refractivity contribution in [2.24, 2.45) is 5.73 Å². The van der Waals surface area contributed by atoms with Crippen LogP contribution in [0.2, 0.25) is 0 Å². The Morgan fingerprint density at radius 2 is 2.28 bits per heavy atom. The summed E-state index contributed by atoms with van der Waals surface area (Å²) in [6, 6.07) is 2.94. The molecule has 0 atom stereocenters. The molecule has 0 fully saturated rings. The van der Waals surface area contributed by atoms with Crippen molar-refractivity contribution < 1.29 is 17.4 Å². The minimum absolute atomic E-state index is 0.00597. The van der Waals surface area contributed by atoms with Crippen molar-refractivity contribution in [2.45, 2.75) is 18.0 Å². The van der Waals surface area contributed by atoms with Crippen molar-refractivity contribution in [1.29, 1.82) is 0 Å². The molecule has 0 aliphatic rings. The maximum absolute atomic E-state index is 12.0. The maximum Gasteiger partial charge on any atom is 0.245 e. The van der Waals surface area contributed by atoms with Crippen LogP contribution in [-0.4, -0.2) is 13.6 Å². The zero-order valence-electron chi connectivity index (χ0n) is 9.09. The number of furan rings is 1. The van der Waals surface area contributed by atoms with Gasteiger partial charge in [0.2, 0.25) is 10.0 Å². The van der Waals surface area contributed by atoms with Crippen LogP contribution in [0.1, 0.15) is 11.5 Å². The second-order valence-corrected chi connectivity index (χ2v) is 5.83. The molecule has 0 unspecified atom stereocenters. The Labute approximate surface area is 111 Å². The molecule has 2 aromatic heterocycles. The molecule has 0 amide bonds. The zero-order valence-corrected chi connectivity index (χ0v) is 11.5. The quantitative estimate of drug-likeness (QED) is 0.841. The third kappa shape index (κ3) is 2.80. The number of hydrogen-bond acceptors (Lipinski definition) is 6. The van der Waals surface area contributed by atoms with E-state index in [4.69, 9.17) is 10.2 Å². The van der Waals surface area contributed by atoms with Crippen molar-refractivity contribution >= 4 is 26.0 Å². The molecule has 2 rings (SSSR count). The molecule has 0 bridgehead atoms. The molecule has 0 aliphatic carbocycles. The Bertz CT molecular complexity index is 620. The highest BCUT2D eigenvalue weighted by Crippen LogP contribution is 2.25. The first-order valence-corrected chi connectivity index (χ1v) is 7.18. The summed E-state index contributed by atoms with van der Waals surface area (Å²) in [5.41, 5.74) is 5.86. The van der Waals surface area contributed by atoms with Crippen LogP contribution in [-0.2, 0) is 23.1 Å². The average molecular weight is 336 g/mol. The molecule has 0 spiro atoms. The number of nitrogens with zero attached hydrogens (tertiary/aromatic N) is 1. The molecule has 0 aromatic carbocycles. The first kappa shape index (κ1) is 13.3. The first-order valence-electron chi connectivity index (χ1n) is 4.90. The number of nitrogens with one attached hydrogen (secondary N) is 1.